The Hall–Kier alpha value is -1.95. The maximum Gasteiger partial charge on any atom is 0.230 e. The third-order valence-electron chi connectivity index (χ3n) is 2.69. The number of H-pyrrole nitrogens is 1. The zero-order valence-electron chi connectivity index (χ0n) is 8.42. The number of aliphatic hydroxyl groups excluding tert-OH is 1. The van der Waals surface area contributed by atoms with Crippen LogP contribution in [0.2, 0.25) is 0 Å². The maximum atomic E-state index is 11.6. The number of carbonyl (C=O) groups is 1. The second-order valence-electron chi connectivity index (χ2n) is 3.80. The van der Waals surface area contributed by atoms with Gasteiger partial charge >= 0.3 is 0 Å². The summed E-state index contributed by atoms with van der Waals surface area (Å²) in [4.78, 5) is 24.3. The van der Waals surface area contributed by atoms with Gasteiger partial charge in [-0.3, -0.25) is 9.69 Å². The molecule has 82 valence electrons. The second kappa shape index (κ2) is 3.28. The van der Waals surface area contributed by atoms with Crippen molar-refractivity contribution in [2.24, 2.45) is 0 Å². The molecule has 0 aliphatic carbocycles. The first-order valence-corrected chi connectivity index (χ1v) is 5.02. The highest BCUT2D eigenvalue weighted by molar-refractivity contribution is 6.01. The highest BCUT2D eigenvalue weighted by Gasteiger charge is 2.31. The monoisotopic (exact) mass is 218 g/mol. The highest BCUT2D eigenvalue weighted by Crippen LogP contribution is 2.25. The number of carbonyl (C=O) groups excluding carboxylic acids is 1. The molecule has 1 aliphatic heterocycles. The minimum absolute atomic E-state index is 0.103. The van der Waals surface area contributed by atoms with E-state index in [1.54, 1.807) is 6.20 Å². The van der Waals surface area contributed by atoms with Crippen molar-refractivity contribution in [3.8, 4) is 0 Å². The number of aromatic amines is 1. The lowest BCUT2D eigenvalue weighted by Crippen LogP contribution is -2.26. The van der Waals surface area contributed by atoms with Gasteiger partial charge in [-0.05, 0) is 6.07 Å². The normalized spacial score (nSPS) is 20.9. The maximum absolute atomic E-state index is 11.6. The fraction of sp³-hybridized carbons (Fsp3) is 0.300. The molecular weight excluding hydrogens is 208 g/mol. The number of nitrogens with zero attached hydrogens (tertiary/aromatic N) is 3. The van der Waals surface area contributed by atoms with Crippen molar-refractivity contribution in [3.05, 3.63) is 18.6 Å². The lowest BCUT2D eigenvalue weighted by atomic mass is 10.3. The Labute approximate surface area is 90.9 Å². The fourth-order valence-corrected chi connectivity index (χ4v) is 1.97. The van der Waals surface area contributed by atoms with Gasteiger partial charge in [0.1, 0.15) is 17.8 Å². The number of anilines is 1. The zero-order chi connectivity index (χ0) is 11.1. The van der Waals surface area contributed by atoms with Gasteiger partial charge in [-0.15, -0.1) is 0 Å². The SMILES string of the molecule is O=C1CC(O)CN1c1ncnc2[nH]ccc12. The number of aromatic nitrogens is 3. The van der Waals surface area contributed by atoms with E-state index in [9.17, 15) is 9.90 Å². The second-order valence-corrected chi connectivity index (χ2v) is 3.80. The number of hydrogen-bond donors (Lipinski definition) is 2. The first kappa shape index (κ1) is 9.29. The van der Waals surface area contributed by atoms with Crippen LogP contribution in [-0.2, 0) is 4.79 Å². The molecule has 0 bridgehead atoms. The average Bonchev–Trinajstić information content (AvgIpc) is 2.84. The smallest absolute Gasteiger partial charge is 0.230 e. The van der Waals surface area contributed by atoms with Crippen LogP contribution < -0.4 is 4.90 Å². The largest absolute Gasteiger partial charge is 0.391 e. The molecule has 1 aliphatic rings. The van der Waals surface area contributed by atoms with Gasteiger partial charge in [-0.25, -0.2) is 9.97 Å². The molecule has 1 saturated heterocycles. The molecule has 0 aromatic carbocycles. The quantitative estimate of drug-likeness (QED) is 0.708. The molecule has 1 fully saturated rings. The van der Waals surface area contributed by atoms with Crippen LogP contribution in [0.1, 0.15) is 6.42 Å². The van der Waals surface area contributed by atoms with E-state index in [1.165, 1.54) is 11.2 Å². The van der Waals surface area contributed by atoms with Crippen molar-refractivity contribution in [1.29, 1.82) is 0 Å². The van der Waals surface area contributed by atoms with Gasteiger partial charge in [-0.2, -0.15) is 0 Å². The number of β-amino-alcohol motifs (C(OH)–C–C–N with tert-alkyl or cyclic N) is 1. The van der Waals surface area contributed by atoms with E-state index in [1.807, 2.05) is 6.07 Å². The summed E-state index contributed by atoms with van der Waals surface area (Å²) >= 11 is 0. The summed E-state index contributed by atoms with van der Waals surface area (Å²) in [6, 6.07) is 1.82. The predicted octanol–water partition coefficient (Wildman–Crippen LogP) is 0.0555. The molecule has 6 heteroatoms. The fourth-order valence-electron chi connectivity index (χ4n) is 1.97. The van der Waals surface area contributed by atoms with Gasteiger partial charge < -0.3 is 10.1 Å². The molecule has 0 spiro atoms. The molecule has 6 nitrogen and oxygen atoms in total. The molecule has 16 heavy (non-hydrogen) atoms. The lowest BCUT2D eigenvalue weighted by Gasteiger charge is -2.14. The van der Waals surface area contributed by atoms with E-state index in [-0.39, 0.29) is 12.3 Å². The third kappa shape index (κ3) is 1.27. The summed E-state index contributed by atoms with van der Waals surface area (Å²) in [7, 11) is 0. The molecule has 3 rings (SSSR count). The lowest BCUT2D eigenvalue weighted by molar-refractivity contribution is -0.117. The number of rotatable bonds is 1. The van der Waals surface area contributed by atoms with E-state index in [2.05, 4.69) is 15.0 Å². The van der Waals surface area contributed by atoms with Gasteiger partial charge in [0.25, 0.3) is 0 Å². The Morgan fingerprint density at radius 2 is 2.38 bits per heavy atom. The Bertz CT molecular complexity index is 550. The van der Waals surface area contributed by atoms with Crippen LogP contribution in [-0.4, -0.2) is 38.6 Å². The Morgan fingerprint density at radius 3 is 3.12 bits per heavy atom. The van der Waals surface area contributed by atoms with E-state index in [0.717, 1.165) is 5.39 Å². The standard InChI is InChI=1S/C10H10N4O2/c15-6-3-8(16)14(4-6)10-7-1-2-11-9(7)12-5-13-10/h1-2,5-6,15H,3-4H2,(H,11,12,13). The van der Waals surface area contributed by atoms with Crippen LogP contribution in [0.4, 0.5) is 5.82 Å². The number of aliphatic hydroxyl groups is 1. The Kier molecular flexibility index (Phi) is 1.90. The molecule has 2 aromatic heterocycles. The minimum atomic E-state index is -0.601. The summed E-state index contributed by atoms with van der Waals surface area (Å²) < 4.78 is 0. The molecule has 2 N–H and O–H groups in total. The molecule has 0 radical (unpaired) electrons. The molecule has 1 atom stereocenters. The topological polar surface area (TPSA) is 82.1 Å². The summed E-state index contributed by atoms with van der Waals surface area (Å²) in [5.41, 5.74) is 0.694. The van der Waals surface area contributed by atoms with Crippen LogP contribution in [0.5, 0.6) is 0 Å². The van der Waals surface area contributed by atoms with E-state index >= 15 is 0 Å². The average molecular weight is 218 g/mol. The third-order valence-corrected chi connectivity index (χ3v) is 2.69. The van der Waals surface area contributed by atoms with Gasteiger partial charge in [0.15, 0.2) is 0 Å². The van der Waals surface area contributed by atoms with Crippen LogP contribution in [0, 0.1) is 0 Å². The number of hydrogen-bond acceptors (Lipinski definition) is 4. The van der Waals surface area contributed by atoms with Crippen LogP contribution >= 0.6 is 0 Å². The molecule has 1 amide bonds. The van der Waals surface area contributed by atoms with Gasteiger partial charge in [0.2, 0.25) is 5.91 Å². The molecule has 3 heterocycles. The van der Waals surface area contributed by atoms with Crippen molar-refractivity contribution in [2.45, 2.75) is 12.5 Å². The van der Waals surface area contributed by atoms with Gasteiger partial charge in [0, 0.05) is 6.20 Å². The molecule has 2 aromatic rings. The summed E-state index contributed by atoms with van der Waals surface area (Å²) in [6.45, 7) is 0.302. The van der Waals surface area contributed by atoms with Crippen LogP contribution in [0.15, 0.2) is 18.6 Å². The van der Waals surface area contributed by atoms with Crippen molar-refractivity contribution in [1.82, 2.24) is 15.0 Å². The first-order valence-electron chi connectivity index (χ1n) is 5.02. The van der Waals surface area contributed by atoms with Crippen molar-refractivity contribution >= 4 is 22.8 Å². The Morgan fingerprint density at radius 1 is 1.50 bits per heavy atom. The number of amides is 1. The van der Waals surface area contributed by atoms with Gasteiger partial charge in [-0.1, -0.05) is 0 Å². The predicted molar refractivity (Wildman–Crippen MR) is 56.9 cm³/mol. The van der Waals surface area contributed by atoms with E-state index in [0.29, 0.717) is 18.0 Å². The highest BCUT2D eigenvalue weighted by atomic mass is 16.3. The molecular formula is C10H10N4O2. The van der Waals surface area contributed by atoms with Crippen LogP contribution in [0.3, 0.4) is 0 Å². The molecule has 1 unspecified atom stereocenters. The van der Waals surface area contributed by atoms with Gasteiger partial charge in [0.05, 0.1) is 24.5 Å². The van der Waals surface area contributed by atoms with Crippen molar-refractivity contribution < 1.29 is 9.90 Å². The van der Waals surface area contributed by atoms with Crippen molar-refractivity contribution in [2.75, 3.05) is 11.4 Å². The summed E-state index contributed by atoms with van der Waals surface area (Å²) in [5, 5.41) is 10.2. The minimum Gasteiger partial charge on any atom is -0.391 e. The zero-order valence-corrected chi connectivity index (χ0v) is 8.42. The van der Waals surface area contributed by atoms with E-state index < -0.39 is 6.10 Å². The number of fused-ring (bicyclic) bond motifs is 1. The van der Waals surface area contributed by atoms with Crippen molar-refractivity contribution in [3.63, 3.8) is 0 Å². The number of nitrogens with one attached hydrogen (secondary N) is 1. The first-order chi connectivity index (χ1) is 7.75. The Balaban J connectivity index is 2.12. The molecule has 0 saturated carbocycles. The summed E-state index contributed by atoms with van der Waals surface area (Å²) in [6.07, 6.45) is 2.72. The van der Waals surface area contributed by atoms with E-state index in [4.69, 9.17) is 0 Å². The summed E-state index contributed by atoms with van der Waals surface area (Å²) in [5.74, 6) is 0.460. The van der Waals surface area contributed by atoms with Crippen LogP contribution in [0.25, 0.3) is 11.0 Å².